The van der Waals surface area contributed by atoms with Crippen LogP contribution in [0.4, 0.5) is 0 Å². The maximum absolute atomic E-state index is 11.7. The average molecular weight is 345 g/mol. The molecule has 1 fully saturated rings. The Hall–Kier alpha value is -1.85. The summed E-state index contributed by atoms with van der Waals surface area (Å²) < 4.78 is 5.26. The molecule has 1 saturated heterocycles. The van der Waals surface area contributed by atoms with Gasteiger partial charge >= 0.3 is 5.97 Å². The van der Waals surface area contributed by atoms with Gasteiger partial charge in [0.1, 0.15) is 11.8 Å². The molecule has 1 aromatic carbocycles. The van der Waals surface area contributed by atoms with Crippen molar-refractivity contribution in [2.75, 3.05) is 13.7 Å². The molecule has 3 rings (SSSR count). The van der Waals surface area contributed by atoms with E-state index in [1.54, 1.807) is 18.4 Å². The zero-order valence-corrected chi connectivity index (χ0v) is 14.9. The van der Waals surface area contributed by atoms with Crippen LogP contribution in [0, 0.1) is 0 Å². The number of carboxylic acids is 1. The van der Waals surface area contributed by atoms with Crippen LogP contribution < -0.4 is 4.74 Å². The molecule has 128 valence electrons. The Morgan fingerprint density at radius 1 is 1.33 bits per heavy atom. The van der Waals surface area contributed by atoms with Crippen LogP contribution >= 0.6 is 11.3 Å². The minimum absolute atomic E-state index is 0.00944. The maximum Gasteiger partial charge on any atom is 0.320 e. The van der Waals surface area contributed by atoms with Crippen LogP contribution in [0.2, 0.25) is 0 Å². The topological polar surface area (TPSA) is 49.8 Å². The summed E-state index contributed by atoms with van der Waals surface area (Å²) in [7, 11) is 1.65. The number of carbonyl (C=O) groups is 1. The highest BCUT2D eigenvalue weighted by Crippen LogP contribution is 2.38. The Morgan fingerprint density at radius 2 is 2.08 bits per heavy atom. The van der Waals surface area contributed by atoms with Crippen molar-refractivity contribution < 1.29 is 14.6 Å². The van der Waals surface area contributed by atoms with Crippen molar-refractivity contribution in [2.45, 2.75) is 38.3 Å². The van der Waals surface area contributed by atoms with E-state index in [2.05, 4.69) is 24.0 Å². The van der Waals surface area contributed by atoms with E-state index in [0.717, 1.165) is 30.7 Å². The van der Waals surface area contributed by atoms with Crippen molar-refractivity contribution in [1.29, 1.82) is 0 Å². The van der Waals surface area contributed by atoms with Gasteiger partial charge in [0.15, 0.2) is 0 Å². The summed E-state index contributed by atoms with van der Waals surface area (Å²) in [5.74, 6) is 0.0902. The van der Waals surface area contributed by atoms with Crippen LogP contribution in [0.3, 0.4) is 0 Å². The summed E-state index contributed by atoms with van der Waals surface area (Å²) in [5, 5.41) is 9.60. The molecular formula is C19H23NO3S. The smallest absolute Gasteiger partial charge is 0.320 e. The van der Waals surface area contributed by atoms with Crippen molar-refractivity contribution in [2.24, 2.45) is 0 Å². The number of thiophene rings is 1. The Bertz CT molecular complexity index is 695. The molecule has 2 aromatic rings. The highest BCUT2D eigenvalue weighted by Gasteiger charge is 2.37. The molecule has 0 saturated carbocycles. The van der Waals surface area contributed by atoms with Crippen LogP contribution in [-0.4, -0.2) is 35.7 Å². The van der Waals surface area contributed by atoms with Crippen molar-refractivity contribution in [3.05, 3.63) is 51.7 Å². The average Bonchev–Trinajstić information content (AvgIpc) is 3.25. The predicted molar refractivity (Wildman–Crippen MR) is 95.9 cm³/mol. The lowest BCUT2D eigenvalue weighted by atomic mass is 10.0. The zero-order chi connectivity index (χ0) is 17.1. The molecular weight excluding hydrogens is 322 g/mol. The Balaban J connectivity index is 2.00. The number of ether oxygens (including phenoxy) is 1. The lowest BCUT2D eigenvalue weighted by Crippen LogP contribution is -2.38. The molecule has 1 aliphatic rings. The number of aliphatic carboxylic acids is 1. The second-order valence-electron chi connectivity index (χ2n) is 6.07. The second-order valence-corrected chi connectivity index (χ2v) is 7.27. The van der Waals surface area contributed by atoms with Gasteiger partial charge in [-0.3, -0.25) is 9.69 Å². The first-order valence-corrected chi connectivity index (χ1v) is 9.16. The number of benzene rings is 1. The molecule has 0 aliphatic carbocycles. The van der Waals surface area contributed by atoms with Gasteiger partial charge < -0.3 is 9.84 Å². The fourth-order valence-corrected chi connectivity index (χ4v) is 4.50. The minimum Gasteiger partial charge on any atom is -0.497 e. The number of hydrogen-bond donors (Lipinski definition) is 1. The molecule has 2 unspecified atom stereocenters. The number of rotatable bonds is 6. The lowest BCUT2D eigenvalue weighted by molar-refractivity contribution is -0.142. The Labute approximate surface area is 146 Å². The summed E-state index contributed by atoms with van der Waals surface area (Å²) in [6.07, 6.45) is 2.64. The Morgan fingerprint density at radius 3 is 2.67 bits per heavy atom. The number of methoxy groups -OCH3 is 1. The molecule has 2 heterocycles. The van der Waals surface area contributed by atoms with E-state index in [9.17, 15) is 9.90 Å². The third-order valence-corrected chi connectivity index (χ3v) is 5.92. The van der Waals surface area contributed by atoms with Crippen molar-refractivity contribution >= 4 is 17.3 Å². The fourth-order valence-electron chi connectivity index (χ4n) is 3.40. The van der Waals surface area contributed by atoms with Gasteiger partial charge in [-0.2, -0.15) is 0 Å². The van der Waals surface area contributed by atoms with Gasteiger partial charge in [0.25, 0.3) is 0 Å². The van der Waals surface area contributed by atoms with E-state index in [1.807, 2.05) is 24.3 Å². The van der Waals surface area contributed by atoms with E-state index in [4.69, 9.17) is 4.74 Å². The first-order valence-electron chi connectivity index (χ1n) is 8.35. The van der Waals surface area contributed by atoms with Gasteiger partial charge in [-0.05, 0) is 49.1 Å². The predicted octanol–water partition coefficient (Wildman–Crippen LogP) is 3.96. The normalized spacial score (nSPS) is 19.3. The third kappa shape index (κ3) is 3.32. The standard InChI is InChI=1S/C19H23NO3S/c1-3-15-10-11-17(24-15)18(13-6-8-14(23-2)9-7-13)20-12-4-5-16(20)19(21)22/h6-11,16,18H,3-5,12H2,1-2H3,(H,21,22). The minimum atomic E-state index is -0.724. The van der Waals surface area contributed by atoms with Gasteiger partial charge in [-0.15, -0.1) is 11.3 Å². The van der Waals surface area contributed by atoms with Crippen LogP contribution in [0.5, 0.6) is 5.75 Å². The first-order chi connectivity index (χ1) is 11.6. The van der Waals surface area contributed by atoms with E-state index in [0.29, 0.717) is 6.42 Å². The number of aryl methyl sites for hydroxylation is 1. The summed E-state index contributed by atoms with van der Waals surface area (Å²) in [6, 6.07) is 11.9. The summed E-state index contributed by atoms with van der Waals surface area (Å²) in [5.41, 5.74) is 1.12. The highest BCUT2D eigenvalue weighted by molar-refractivity contribution is 7.12. The summed E-state index contributed by atoms with van der Waals surface area (Å²) >= 11 is 1.78. The molecule has 0 bridgehead atoms. The molecule has 5 heteroatoms. The fraction of sp³-hybridized carbons (Fsp3) is 0.421. The van der Waals surface area contributed by atoms with Gasteiger partial charge in [-0.1, -0.05) is 19.1 Å². The SMILES string of the molecule is CCc1ccc(C(c2ccc(OC)cc2)N2CCCC2C(=O)O)s1. The number of hydrogen-bond acceptors (Lipinski definition) is 4. The molecule has 24 heavy (non-hydrogen) atoms. The molecule has 0 amide bonds. The molecule has 4 nitrogen and oxygen atoms in total. The van der Waals surface area contributed by atoms with Crippen molar-refractivity contribution in [1.82, 2.24) is 4.90 Å². The van der Waals surface area contributed by atoms with Crippen LogP contribution in [0.25, 0.3) is 0 Å². The largest absolute Gasteiger partial charge is 0.497 e. The second kappa shape index (κ2) is 7.36. The van der Waals surface area contributed by atoms with Gasteiger partial charge in [0.2, 0.25) is 0 Å². The Kier molecular flexibility index (Phi) is 5.21. The molecule has 1 aliphatic heterocycles. The van der Waals surface area contributed by atoms with E-state index >= 15 is 0 Å². The third-order valence-electron chi connectivity index (χ3n) is 4.64. The molecule has 1 N–H and O–H groups in total. The summed E-state index contributed by atoms with van der Waals surface area (Å²) in [4.78, 5) is 16.4. The van der Waals surface area contributed by atoms with Gasteiger partial charge in [-0.25, -0.2) is 0 Å². The quantitative estimate of drug-likeness (QED) is 0.861. The number of likely N-dealkylation sites (tertiary alicyclic amines) is 1. The number of carboxylic acid groups (broad SMARTS) is 1. The van der Waals surface area contributed by atoms with Crippen molar-refractivity contribution in [3.8, 4) is 5.75 Å². The monoisotopic (exact) mass is 345 g/mol. The van der Waals surface area contributed by atoms with E-state index in [1.165, 1.54) is 9.75 Å². The van der Waals surface area contributed by atoms with Gasteiger partial charge in [0, 0.05) is 16.3 Å². The van der Waals surface area contributed by atoms with Crippen LogP contribution in [0.15, 0.2) is 36.4 Å². The number of nitrogens with zero attached hydrogens (tertiary/aromatic N) is 1. The zero-order valence-electron chi connectivity index (χ0n) is 14.1. The van der Waals surface area contributed by atoms with Gasteiger partial charge in [0.05, 0.1) is 13.2 Å². The summed E-state index contributed by atoms with van der Waals surface area (Å²) in [6.45, 7) is 2.96. The van der Waals surface area contributed by atoms with Crippen LogP contribution in [0.1, 0.15) is 41.1 Å². The molecule has 0 spiro atoms. The lowest BCUT2D eigenvalue weighted by Gasteiger charge is -2.31. The molecule has 1 aromatic heterocycles. The molecule has 0 radical (unpaired) electrons. The van der Waals surface area contributed by atoms with E-state index < -0.39 is 12.0 Å². The maximum atomic E-state index is 11.7. The van der Waals surface area contributed by atoms with E-state index in [-0.39, 0.29) is 6.04 Å². The van der Waals surface area contributed by atoms with Crippen molar-refractivity contribution in [3.63, 3.8) is 0 Å². The van der Waals surface area contributed by atoms with Crippen LogP contribution in [-0.2, 0) is 11.2 Å². The first kappa shape index (κ1) is 17.0. The molecule has 2 atom stereocenters. The highest BCUT2D eigenvalue weighted by atomic mass is 32.1.